The summed E-state index contributed by atoms with van der Waals surface area (Å²) in [5.41, 5.74) is 1.10. The minimum atomic E-state index is 0.532. The van der Waals surface area contributed by atoms with Crippen LogP contribution in [0, 0.1) is 0 Å². The van der Waals surface area contributed by atoms with Gasteiger partial charge in [0.05, 0.1) is 14.2 Å². The third-order valence-electron chi connectivity index (χ3n) is 3.96. The van der Waals surface area contributed by atoms with Crippen molar-refractivity contribution in [1.82, 2.24) is 4.90 Å². The van der Waals surface area contributed by atoms with Gasteiger partial charge in [0.25, 0.3) is 0 Å². The Balaban J connectivity index is 2.03. The topological polar surface area (TPSA) is 33.7 Å². The average Bonchev–Trinajstić information content (AvgIpc) is 2.43. The van der Waals surface area contributed by atoms with E-state index in [9.17, 15) is 0 Å². The van der Waals surface area contributed by atoms with Crippen molar-refractivity contribution < 1.29 is 9.47 Å². The summed E-state index contributed by atoms with van der Waals surface area (Å²) < 4.78 is 10.6. The minimum absolute atomic E-state index is 0.532. The highest BCUT2D eigenvalue weighted by molar-refractivity contribution is 5.55. The lowest BCUT2D eigenvalue weighted by molar-refractivity contribution is 0.190. The lowest BCUT2D eigenvalue weighted by atomic mass is 9.98. The molecule has 1 aromatic carbocycles. The van der Waals surface area contributed by atoms with Gasteiger partial charge in [-0.2, -0.15) is 0 Å². The quantitative estimate of drug-likeness (QED) is 0.906. The molecule has 1 aromatic rings. The van der Waals surface area contributed by atoms with Crippen LogP contribution in [0.2, 0.25) is 0 Å². The summed E-state index contributed by atoms with van der Waals surface area (Å²) in [7, 11) is 5.51. The molecule has 1 heterocycles. The molecule has 0 aromatic heterocycles. The van der Waals surface area contributed by atoms with E-state index >= 15 is 0 Å². The highest BCUT2D eigenvalue weighted by Crippen LogP contribution is 2.30. The number of piperidine rings is 1. The van der Waals surface area contributed by atoms with E-state index in [2.05, 4.69) is 24.2 Å². The number of ether oxygens (including phenoxy) is 2. The molecule has 106 valence electrons. The second-order valence-corrected chi connectivity index (χ2v) is 5.27. The van der Waals surface area contributed by atoms with Crippen molar-refractivity contribution in [2.45, 2.75) is 31.8 Å². The highest BCUT2D eigenvalue weighted by atomic mass is 16.5. The molecule has 1 aliphatic rings. The number of likely N-dealkylation sites (tertiary alicyclic amines) is 1. The maximum Gasteiger partial charge on any atom is 0.162 e. The van der Waals surface area contributed by atoms with Crippen molar-refractivity contribution >= 4 is 5.69 Å². The molecule has 4 heteroatoms. The highest BCUT2D eigenvalue weighted by Gasteiger charge is 2.22. The van der Waals surface area contributed by atoms with Crippen molar-refractivity contribution in [1.29, 1.82) is 0 Å². The van der Waals surface area contributed by atoms with Crippen molar-refractivity contribution in [2.24, 2.45) is 0 Å². The van der Waals surface area contributed by atoms with Crippen LogP contribution in [0.4, 0.5) is 5.69 Å². The second kappa shape index (κ2) is 6.15. The molecule has 2 atom stereocenters. The average molecular weight is 264 g/mol. The van der Waals surface area contributed by atoms with Gasteiger partial charge in [-0.05, 0) is 38.9 Å². The first-order valence-corrected chi connectivity index (χ1v) is 6.83. The molecule has 0 aliphatic carbocycles. The van der Waals surface area contributed by atoms with Gasteiger partial charge >= 0.3 is 0 Å². The Morgan fingerprint density at radius 1 is 1.21 bits per heavy atom. The molecule has 1 fully saturated rings. The monoisotopic (exact) mass is 264 g/mol. The first kappa shape index (κ1) is 14.0. The zero-order chi connectivity index (χ0) is 13.8. The number of nitrogens with zero attached hydrogens (tertiary/aromatic N) is 1. The van der Waals surface area contributed by atoms with Crippen molar-refractivity contribution in [3.05, 3.63) is 18.2 Å². The summed E-state index contributed by atoms with van der Waals surface area (Å²) >= 11 is 0. The van der Waals surface area contributed by atoms with E-state index in [1.165, 1.54) is 12.8 Å². The predicted molar refractivity (Wildman–Crippen MR) is 78.3 cm³/mol. The standard InChI is InChI=1S/C15H24N2O2/c1-11-9-13(7-8-17(11)2)16-12-5-6-14(18-3)15(10-12)19-4/h5-6,10-11,13,16H,7-9H2,1-4H3. The summed E-state index contributed by atoms with van der Waals surface area (Å²) in [4.78, 5) is 2.41. The normalized spacial score (nSPS) is 24.0. The van der Waals surface area contributed by atoms with Gasteiger partial charge in [0.1, 0.15) is 0 Å². The minimum Gasteiger partial charge on any atom is -0.493 e. The number of hydrogen-bond acceptors (Lipinski definition) is 4. The molecule has 2 rings (SSSR count). The first-order valence-electron chi connectivity index (χ1n) is 6.83. The predicted octanol–water partition coefficient (Wildman–Crippen LogP) is 2.60. The molecule has 0 bridgehead atoms. The SMILES string of the molecule is COc1ccc(NC2CCN(C)C(C)C2)cc1OC. The zero-order valence-electron chi connectivity index (χ0n) is 12.3. The maximum absolute atomic E-state index is 5.33. The molecular weight excluding hydrogens is 240 g/mol. The summed E-state index contributed by atoms with van der Waals surface area (Å²) in [6.07, 6.45) is 2.35. The number of rotatable bonds is 4. The maximum atomic E-state index is 5.33. The van der Waals surface area contributed by atoms with Gasteiger partial charge in [-0.3, -0.25) is 0 Å². The van der Waals surface area contributed by atoms with E-state index < -0.39 is 0 Å². The molecule has 0 spiro atoms. The number of nitrogens with one attached hydrogen (secondary N) is 1. The van der Waals surface area contributed by atoms with Crippen LogP contribution in [-0.4, -0.2) is 44.8 Å². The van der Waals surface area contributed by atoms with Crippen molar-refractivity contribution in [3.63, 3.8) is 0 Å². The fourth-order valence-corrected chi connectivity index (χ4v) is 2.58. The Bertz CT molecular complexity index is 423. The van der Waals surface area contributed by atoms with Crippen LogP contribution in [0.1, 0.15) is 19.8 Å². The molecule has 1 N–H and O–H groups in total. The van der Waals surface area contributed by atoms with E-state index in [0.717, 1.165) is 23.7 Å². The zero-order valence-corrected chi connectivity index (χ0v) is 12.3. The van der Waals surface area contributed by atoms with Gasteiger partial charge in [-0.1, -0.05) is 0 Å². The fraction of sp³-hybridized carbons (Fsp3) is 0.600. The van der Waals surface area contributed by atoms with E-state index in [1.807, 2.05) is 18.2 Å². The second-order valence-electron chi connectivity index (χ2n) is 5.27. The lowest BCUT2D eigenvalue weighted by Gasteiger charge is -2.35. The largest absolute Gasteiger partial charge is 0.493 e. The number of benzene rings is 1. The molecule has 19 heavy (non-hydrogen) atoms. The number of methoxy groups -OCH3 is 2. The van der Waals surface area contributed by atoms with E-state index in [-0.39, 0.29) is 0 Å². The van der Waals surface area contributed by atoms with Crippen LogP contribution in [0.25, 0.3) is 0 Å². The van der Waals surface area contributed by atoms with E-state index in [4.69, 9.17) is 9.47 Å². The van der Waals surface area contributed by atoms with Crippen LogP contribution in [0.3, 0.4) is 0 Å². The summed E-state index contributed by atoms with van der Waals surface area (Å²) in [5.74, 6) is 1.54. The summed E-state index contributed by atoms with van der Waals surface area (Å²) in [6.45, 7) is 3.43. The van der Waals surface area contributed by atoms with Gasteiger partial charge in [0.15, 0.2) is 11.5 Å². The van der Waals surface area contributed by atoms with Crippen molar-refractivity contribution in [3.8, 4) is 11.5 Å². The van der Waals surface area contributed by atoms with Crippen molar-refractivity contribution in [2.75, 3.05) is 33.1 Å². The van der Waals surface area contributed by atoms with Gasteiger partial charge in [-0.15, -0.1) is 0 Å². The first-order chi connectivity index (χ1) is 9.13. The lowest BCUT2D eigenvalue weighted by Crippen LogP contribution is -2.42. The smallest absolute Gasteiger partial charge is 0.162 e. The van der Waals surface area contributed by atoms with Crippen LogP contribution in [0.15, 0.2) is 18.2 Å². The molecular formula is C15H24N2O2. The van der Waals surface area contributed by atoms with E-state index in [0.29, 0.717) is 12.1 Å². The molecule has 0 radical (unpaired) electrons. The van der Waals surface area contributed by atoms with Gasteiger partial charge < -0.3 is 19.7 Å². The molecule has 0 saturated carbocycles. The fourth-order valence-electron chi connectivity index (χ4n) is 2.58. The number of anilines is 1. The third-order valence-corrected chi connectivity index (χ3v) is 3.96. The van der Waals surface area contributed by atoms with Crippen LogP contribution in [0.5, 0.6) is 11.5 Å². The van der Waals surface area contributed by atoms with Crippen LogP contribution < -0.4 is 14.8 Å². The Labute approximate surface area is 115 Å². The third kappa shape index (κ3) is 3.32. The molecule has 0 amide bonds. The Hall–Kier alpha value is -1.42. The van der Waals surface area contributed by atoms with Crippen LogP contribution >= 0.6 is 0 Å². The van der Waals surface area contributed by atoms with E-state index in [1.54, 1.807) is 14.2 Å². The van der Waals surface area contributed by atoms with Gasteiger partial charge in [-0.25, -0.2) is 0 Å². The summed E-state index contributed by atoms with van der Waals surface area (Å²) in [5, 5.41) is 3.60. The Morgan fingerprint density at radius 3 is 2.58 bits per heavy atom. The molecule has 2 unspecified atom stereocenters. The molecule has 1 aliphatic heterocycles. The van der Waals surface area contributed by atoms with Gasteiger partial charge in [0.2, 0.25) is 0 Å². The summed E-state index contributed by atoms with van der Waals surface area (Å²) in [6, 6.07) is 7.15. The Morgan fingerprint density at radius 2 is 1.95 bits per heavy atom. The molecule has 1 saturated heterocycles. The van der Waals surface area contributed by atoms with Gasteiger partial charge in [0, 0.05) is 30.4 Å². The molecule has 4 nitrogen and oxygen atoms in total. The number of hydrogen-bond donors (Lipinski definition) is 1. The Kier molecular flexibility index (Phi) is 4.53. The van der Waals surface area contributed by atoms with Crippen LogP contribution in [-0.2, 0) is 0 Å².